The van der Waals surface area contributed by atoms with Gasteiger partial charge in [-0.3, -0.25) is 14.6 Å². The Balaban J connectivity index is 1.46. The predicted octanol–water partition coefficient (Wildman–Crippen LogP) is 6.28. The van der Waals surface area contributed by atoms with Gasteiger partial charge in [-0.2, -0.15) is 0 Å². The summed E-state index contributed by atoms with van der Waals surface area (Å²) in [6.45, 7) is 0. The molecule has 0 bridgehead atoms. The van der Waals surface area contributed by atoms with E-state index in [2.05, 4.69) is 22.4 Å². The van der Waals surface area contributed by atoms with Crippen LogP contribution in [-0.2, 0) is 9.59 Å². The summed E-state index contributed by atoms with van der Waals surface area (Å²) in [5.41, 5.74) is 3.01. The van der Waals surface area contributed by atoms with Crippen molar-refractivity contribution in [2.75, 3.05) is 5.32 Å². The Labute approximate surface area is 192 Å². The number of carboxylic acids is 1. The lowest BCUT2D eigenvalue weighted by atomic mass is 9.72. The van der Waals surface area contributed by atoms with Crippen LogP contribution in [-0.4, -0.2) is 22.0 Å². The highest BCUT2D eigenvalue weighted by Gasteiger charge is 2.33. The molecule has 1 heterocycles. The molecule has 2 N–H and O–H groups in total. The van der Waals surface area contributed by atoms with E-state index >= 15 is 0 Å². The normalized spacial score (nSPS) is 19.4. The molecule has 1 atom stereocenters. The molecular formula is C26H27ClN2O3. The number of para-hydroxylation sites is 1. The molecule has 1 unspecified atom stereocenters. The topological polar surface area (TPSA) is 79.3 Å². The molecule has 0 aliphatic heterocycles. The SMILES string of the molecule is O=C(O)CCC(C(=O)Nc1ccc(Cl)cc1)[C@H]1CC[C@@H](c2ccnc3ccccc32)CC1. The second kappa shape index (κ2) is 10.1. The third-order valence-corrected chi connectivity index (χ3v) is 6.83. The van der Waals surface area contributed by atoms with Crippen LogP contribution in [0.5, 0.6) is 0 Å². The third-order valence-electron chi connectivity index (χ3n) is 6.58. The molecule has 6 heteroatoms. The Hall–Kier alpha value is -2.92. The van der Waals surface area contributed by atoms with Crippen LogP contribution in [0.15, 0.2) is 60.8 Å². The van der Waals surface area contributed by atoms with E-state index in [-0.39, 0.29) is 24.2 Å². The first kappa shape index (κ1) is 22.3. The molecule has 4 rings (SSSR count). The van der Waals surface area contributed by atoms with Crippen molar-refractivity contribution in [3.05, 3.63) is 71.4 Å². The average molecular weight is 451 g/mol. The Morgan fingerprint density at radius 2 is 1.75 bits per heavy atom. The van der Waals surface area contributed by atoms with Crippen LogP contribution in [0.25, 0.3) is 10.9 Å². The lowest BCUT2D eigenvalue weighted by Crippen LogP contribution is -2.32. The van der Waals surface area contributed by atoms with Crippen molar-refractivity contribution in [3.8, 4) is 0 Å². The van der Waals surface area contributed by atoms with Crippen molar-refractivity contribution in [2.24, 2.45) is 11.8 Å². The average Bonchev–Trinajstić information content (AvgIpc) is 2.80. The van der Waals surface area contributed by atoms with Crippen LogP contribution in [0, 0.1) is 11.8 Å². The zero-order valence-corrected chi connectivity index (χ0v) is 18.6. The Morgan fingerprint density at radius 1 is 1.03 bits per heavy atom. The molecule has 1 fully saturated rings. The van der Waals surface area contributed by atoms with E-state index in [1.54, 1.807) is 24.3 Å². The number of rotatable bonds is 7. The molecule has 32 heavy (non-hydrogen) atoms. The molecule has 166 valence electrons. The van der Waals surface area contributed by atoms with E-state index in [0.717, 1.165) is 31.2 Å². The highest BCUT2D eigenvalue weighted by molar-refractivity contribution is 6.30. The number of carbonyl (C=O) groups is 2. The number of anilines is 1. The molecule has 1 aromatic heterocycles. The van der Waals surface area contributed by atoms with Gasteiger partial charge in [0.25, 0.3) is 0 Å². The fourth-order valence-electron chi connectivity index (χ4n) is 4.93. The van der Waals surface area contributed by atoms with Crippen molar-refractivity contribution >= 4 is 40.1 Å². The lowest BCUT2D eigenvalue weighted by molar-refractivity contribution is -0.137. The molecule has 0 saturated heterocycles. The summed E-state index contributed by atoms with van der Waals surface area (Å²) in [6.07, 6.45) is 5.99. The number of amides is 1. The summed E-state index contributed by atoms with van der Waals surface area (Å²) in [7, 11) is 0. The van der Waals surface area contributed by atoms with Crippen LogP contribution in [0.3, 0.4) is 0 Å². The fraction of sp³-hybridized carbons (Fsp3) is 0.346. The minimum absolute atomic E-state index is 0.00632. The molecule has 0 radical (unpaired) electrons. The number of hydrogen-bond donors (Lipinski definition) is 2. The lowest BCUT2D eigenvalue weighted by Gasteiger charge is -2.33. The Morgan fingerprint density at radius 3 is 2.47 bits per heavy atom. The van der Waals surface area contributed by atoms with Gasteiger partial charge in [-0.25, -0.2) is 0 Å². The van der Waals surface area contributed by atoms with Gasteiger partial charge in [0, 0.05) is 34.6 Å². The van der Waals surface area contributed by atoms with Crippen molar-refractivity contribution in [1.82, 2.24) is 4.98 Å². The molecule has 1 amide bonds. The zero-order chi connectivity index (χ0) is 22.5. The number of fused-ring (bicyclic) bond motifs is 1. The van der Waals surface area contributed by atoms with Crippen LogP contribution in [0.4, 0.5) is 5.69 Å². The Kier molecular flexibility index (Phi) is 7.05. The van der Waals surface area contributed by atoms with E-state index in [1.165, 1.54) is 10.9 Å². The maximum absolute atomic E-state index is 13.1. The molecule has 1 aliphatic carbocycles. The predicted molar refractivity (Wildman–Crippen MR) is 127 cm³/mol. The maximum atomic E-state index is 13.1. The van der Waals surface area contributed by atoms with Crippen molar-refractivity contribution in [1.29, 1.82) is 0 Å². The first-order valence-corrected chi connectivity index (χ1v) is 11.5. The number of aromatic nitrogens is 1. The molecule has 3 aromatic rings. The van der Waals surface area contributed by atoms with Gasteiger partial charge in [-0.05, 0) is 85.9 Å². The third kappa shape index (κ3) is 5.28. The summed E-state index contributed by atoms with van der Waals surface area (Å²) < 4.78 is 0. The van der Waals surface area contributed by atoms with Gasteiger partial charge in [-0.1, -0.05) is 29.8 Å². The van der Waals surface area contributed by atoms with Crippen LogP contribution in [0.1, 0.15) is 50.0 Å². The van der Waals surface area contributed by atoms with Crippen LogP contribution >= 0.6 is 11.6 Å². The number of pyridine rings is 1. The number of aliphatic carboxylic acids is 1. The standard InChI is InChI=1S/C26H27ClN2O3/c27-19-9-11-20(12-10-19)29-26(32)22(13-14-25(30)31)18-7-5-17(6-8-18)21-15-16-28-24-4-2-1-3-23(21)24/h1-4,9-12,15-18,22H,5-8,13-14H2,(H,29,32)(H,30,31)/t17-,18+,22?. The minimum atomic E-state index is -0.869. The van der Waals surface area contributed by atoms with E-state index < -0.39 is 5.97 Å². The van der Waals surface area contributed by atoms with E-state index in [0.29, 0.717) is 23.0 Å². The largest absolute Gasteiger partial charge is 0.481 e. The van der Waals surface area contributed by atoms with Gasteiger partial charge in [0.2, 0.25) is 5.91 Å². The first-order chi connectivity index (χ1) is 15.5. The number of nitrogens with zero attached hydrogens (tertiary/aromatic N) is 1. The van der Waals surface area contributed by atoms with Gasteiger partial charge in [0.1, 0.15) is 0 Å². The summed E-state index contributed by atoms with van der Waals surface area (Å²) in [5, 5.41) is 14.0. The van der Waals surface area contributed by atoms with E-state index in [9.17, 15) is 14.7 Å². The number of nitrogens with one attached hydrogen (secondary N) is 1. The molecule has 5 nitrogen and oxygen atoms in total. The zero-order valence-electron chi connectivity index (χ0n) is 17.8. The minimum Gasteiger partial charge on any atom is -0.481 e. The number of benzene rings is 2. The first-order valence-electron chi connectivity index (χ1n) is 11.1. The van der Waals surface area contributed by atoms with E-state index in [1.807, 2.05) is 24.4 Å². The van der Waals surface area contributed by atoms with Gasteiger partial charge >= 0.3 is 5.97 Å². The van der Waals surface area contributed by atoms with Crippen molar-refractivity contribution < 1.29 is 14.7 Å². The maximum Gasteiger partial charge on any atom is 0.303 e. The number of hydrogen-bond acceptors (Lipinski definition) is 3. The van der Waals surface area contributed by atoms with Gasteiger partial charge in [-0.15, -0.1) is 0 Å². The molecule has 1 saturated carbocycles. The van der Waals surface area contributed by atoms with Gasteiger partial charge < -0.3 is 10.4 Å². The summed E-state index contributed by atoms with van der Waals surface area (Å²) in [6, 6.07) is 17.3. The van der Waals surface area contributed by atoms with Crippen molar-refractivity contribution in [3.63, 3.8) is 0 Å². The Bertz CT molecular complexity index is 1090. The number of halogens is 1. The van der Waals surface area contributed by atoms with Gasteiger partial charge in [0.15, 0.2) is 0 Å². The molecule has 0 spiro atoms. The summed E-state index contributed by atoms with van der Waals surface area (Å²) in [5.74, 6) is -0.695. The van der Waals surface area contributed by atoms with Gasteiger partial charge in [0.05, 0.1) is 5.52 Å². The molecule has 2 aromatic carbocycles. The monoisotopic (exact) mass is 450 g/mol. The fourth-order valence-corrected chi connectivity index (χ4v) is 5.06. The van der Waals surface area contributed by atoms with E-state index in [4.69, 9.17) is 11.6 Å². The highest BCUT2D eigenvalue weighted by Crippen LogP contribution is 2.42. The second-order valence-electron chi connectivity index (χ2n) is 8.56. The van der Waals surface area contributed by atoms with Crippen LogP contribution < -0.4 is 5.32 Å². The summed E-state index contributed by atoms with van der Waals surface area (Å²) in [4.78, 5) is 28.8. The quantitative estimate of drug-likeness (QED) is 0.443. The molecular weight excluding hydrogens is 424 g/mol. The smallest absolute Gasteiger partial charge is 0.303 e. The second-order valence-corrected chi connectivity index (χ2v) is 9.00. The van der Waals surface area contributed by atoms with Crippen LogP contribution in [0.2, 0.25) is 5.02 Å². The number of carboxylic acid groups (broad SMARTS) is 1. The molecule has 1 aliphatic rings. The van der Waals surface area contributed by atoms with Crippen molar-refractivity contribution in [2.45, 2.75) is 44.4 Å². The highest BCUT2D eigenvalue weighted by atomic mass is 35.5. The summed E-state index contributed by atoms with van der Waals surface area (Å²) >= 11 is 5.94. The number of carbonyl (C=O) groups excluding carboxylic acids is 1.